The Morgan fingerprint density at radius 2 is 1.96 bits per heavy atom. The first-order chi connectivity index (χ1) is 11.1. The fraction of sp³-hybridized carbons (Fsp3) is 0.333. The second kappa shape index (κ2) is 6.54. The van der Waals surface area contributed by atoms with E-state index in [-0.39, 0.29) is 5.91 Å². The minimum atomic E-state index is -0.449. The van der Waals surface area contributed by atoms with Gasteiger partial charge in [-0.1, -0.05) is 24.3 Å². The van der Waals surface area contributed by atoms with Crippen LogP contribution >= 0.6 is 11.3 Å². The van der Waals surface area contributed by atoms with Crippen LogP contribution in [0.3, 0.4) is 0 Å². The highest BCUT2D eigenvalue weighted by atomic mass is 32.1. The lowest BCUT2D eigenvalue weighted by molar-refractivity contribution is -0.115. The Kier molecular flexibility index (Phi) is 4.48. The Bertz CT molecular complexity index is 764. The molecule has 0 fully saturated rings. The van der Waals surface area contributed by atoms with Crippen LogP contribution in [0.4, 0.5) is 5.00 Å². The predicted molar refractivity (Wildman–Crippen MR) is 93.0 cm³/mol. The van der Waals surface area contributed by atoms with Gasteiger partial charge in [0.25, 0.3) is 5.91 Å². The van der Waals surface area contributed by atoms with Crippen LogP contribution in [0, 0.1) is 6.92 Å². The van der Waals surface area contributed by atoms with Crippen LogP contribution in [0.5, 0.6) is 0 Å². The zero-order valence-electron chi connectivity index (χ0n) is 13.1. The molecule has 2 amide bonds. The first-order valence-electron chi connectivity index (χ1n) is 7.85. The average Bonchev–Trinajstić information content (AvgIpc) is 2.87. The van der Waals surface area contributed by atoms with Crippen molar-refractivity contribution < 1.29 is 9.59 Å². The molecule has 0 aliphatic heterocycles. The number of hydrogen-bond acceptors (Lipinski definition) is 3. The van der Waals surface area contributed by atoms with Crippen molar-refractivity contribution in [3.63, 3.8) is 0 Å². The van der Waals surface area contributed by atoms with Gasteiger partial charge in [0.05, 0.1) is 12.0 Å². The van der Waals surface area contributed by atoms with Crippen molar-refractivity contribution >= 4 is 28.2 Å². The van der Waals surface area contributed by atoms with Gasteiger partial charge >= 0.3 is 0 Å². The number of amides is 2. The summed E-state index contributed by atoms with van der Waals surface area (Å²) >= 11 is 1.50. The molecule has 3 rings (SSSR count). The molecule has 1 aromatic heterocycles. The molecule has 3 N–H and O–H groups in total. The second-order valence-corrected chi connectivity index (χ2v) is 7.04. The van der Waals surface area contributed by atoms with Crippen molar-refractivity contribution in [2.75, 3.05) is 5.32 Å². The van der Waals surface area contributed by atoms with E-state index in [0.717, 1.165) is 42.4 Å². The number of carbonyl (C=O) groups excluding carboxylic acids is 2. The van der Waals surface area contributed by atoms with E-state index in [9.17, 15) is 9.59 Å². The molecule has 0 atom stereocenters. The Balaban J connectivity index is 1.82. The van der Waals surface area contributed by atoms with Crippen LogP contribution < -0.4 is 11.1 Å². The maximum atomic E-state index is 12.4. The topological polar surface area (TPSA) is 72.2 Å². The van der Waals surface area contributed by atoms with Crippen molar-refractivity contribution in [3.8, 4) is 0 Å². The molecule has 23 heavy (non-hydrogen) atoms. The summed E-state index contributed by atoms with van der Waals surface area (Å²) in [5.41, 5.74) is 9.19. The lowest BCUT2D eigenvalue weighted by Crippen LogP contribution is -2.19. The zero-order chi connectivity index (χ0) is 16.4. The monoisotopic (exact) mass is 328 g/mol. The van der Waals surface area contributed by atoms with Gasteiger partial charge < -0.3 is 11.1 Å². The molecule has 0 spiro atoms. The minimum absolute atomic E-state index is 0.111. The summed E-state index contributed by atoms with van der Waals surface area (Å²) in [5.74, 6) is -0.559. The van der Waals surface area contributed by atoms with E-state index in [1.807, 2.05) is 31.2 Å². The fourth-order valence-electron chi connectivity index (χ4n) is 3.07. The van der Waals surface area contributed by atoms with Gasteiger partial charge in [-0.2, -0.15) is 0 Å². The van der Waals surface area contributed by atoms with Gasteiger partial charge in [0, 0.05) is 4.88 Å². The standard InChI is InChI=1S/C18H20N2O2S/c1-11-6-2-3-7-12(11)10-15(21)20-18-16(17(19)22)13-8-4-5-9-14(13)23-18/h2-3,6-7H,4-5,8-10H2,1H3,(H2,19,22)(H,20,21). The van der Waals surface area contributed by atoms with Crippen molar-refractivity contribution in [1.82, 2.24) is 0 Å². The summed E-state index contributed by atoms with van der Waals surface area (Å²) < 4.78 is 0. The maximum absolute atomic E-state index is 12.4. The molecule has 1 heterocycles. The Morgan fingerprint density at radius 1 is 1.22 bits per heavy atom. The molecular formula is C18H20N2O2S. The smallest absolute Gasteiger partial charge is 0.251 e. The third-order valence-corrected chi connectivity index (χ3v) is 5.49. The van der Waals surface area contributed by atoms with Gasteiger partial charge in [0.1, 0.15) is 5.00 Å². The van der Waals surface area contributed by atoms with Crippen LogP contribution in [0.25, 0.3) is 0 Å². The third kappa shape index (κ3) is 3.29. The summed E-state index contributed by atoms with van der Waals surface area (Å²) in [4.78, 5) is 25.4. The predicted octanol–water partition coefficient (Wildman–Crippen LogP) is 3.22. The van der Waals surface area contributed by atoms with Crippen LogP contribution in [0.1, 0.15) is 44.8 Å². The van der Waals surface area contributed by atoms with Crippen LogP contribution in [0.15, 0.2) is 24.3 Å². The van der Waals surface area contributed by atoms with Crippen LogP contribution in [-0.4, -0.2) is 11.8 Å². The summed E-state index contributed by atoms with van der Waals surface area (Å²) in [6, 6.07) is 7.81. The lowest BCUT2D eigenvalue weighted by Gasteiger charge is -2.11. The van der Waals surface area contributed by atoms with Crippen molar-refractivity contribution in [2.45, 2.75) is 39.0 Å². The van der Waals surface area contributed by atoms with E-state index in [1.165, 1.54) is 16.2 Å². The molecule has 1 aromatic carbocycles. The molecule has 0 saturated heterocycles. The number of primary amides is 1. The number of aryl methyl sites for hydroxylation is 2. The lowest BCUT2D eigenvalue weighted by atomic mass is 9.95. The van der Waals surface area contributed by atoms with Gasteiger partial charge in [0.15, 0.2) is 0 Å². The van der Waals surface area contributed by atoms with E-state index in [1.54, 1.807) is 0 Å². The van der Waals surface area contributed by atoms with E-state index in [4.69, 9.17) is 5.73 Å². The molecule has 0 unspecified atom stereocenters. The van der Waals surface area contributed by atoms with Gasteiger partial charge in [-0.3, -0.25) is 9.59 Å². The molecule has 5 heteroatoms. The number of thiophene rings is 1. The Labute approximate surface area is 139 Å². The van der Waals surface area contributed by atoms with Gasteiger partial charge in [-0.05, 0) is 49.3 Å². The number of benzene rings is 1. The first-order valence-corrected chi connectivity index (χ1v) is 8.66. The SMILES string of the molecule is Cc1ccccc1CC(=O)Nc1sc2c(c1C(N)=O)CCCC2. The molecule has 0 radical (unpaired) electrons. The first kappa shape index (κ1) is 15.7. The molecular weight excluding hydrogens is 308 g/mol. The number of hydrogen-bond donors (Lipinski definition) is 2. The average molecular weight is 328 g/mol. The van der Waals surface area contributed by atoms with Gasteiger partial charge in [-0.15, -0.1) is 11.3 Å². The molecule has 4 nitrogen and oxygen atoms in total. The second-order valence-electron chi connectivity index (χ2n) is 5.93. The number of nitrogens with two attached hydrogens (primary N) is 1. The summed E-state index contributed by atoms with van der Waals surface area (Å²) in [7, 11) is 0. The number of carbonyl (C=O) groups is 2. The van der Waals surface area contributed by atoms with Gasteiger partial charge in [0.2, 0.25) is 5.91 Å². The molecule has 2 aromatic rings. The highest BCUT2D eigenvalue weighted by Gasteiger charge is 2.24. The molecule has 0 saturated carbocycles. The third-order valence-electron chi connectivity index (χ3n) is 4.28. The molecule has 120 valence electrons. The maximum Gasteiger partial charge on any atom is 0.251 e. The summed E-state index contributed by atoms with van der Waals surface area (Å²) in [6.45, 7) is 1.99. The molecule has 0 bridgehead atoms. The normalized spacial score (nSPS) is 13.4. The number of rotatable bonds is 4. The number of fused-ring (bicyclic) bond motifs is 1. The van der Waals surface area contributed by atoms with E-state index >= 15 is 0 Å². The van der Waals surface area contributed by atoms with E-state index in [0.29, 0.717) is 17.0 Å². The van der Waals surface area contributed by atoms with Crippen LogP contribution in [0.2, 0.25) is 0 Å². The Morgan fingerprint density at radius 3 is 2.70 bits per heavy atom. The van der Waals surface area contributed by atoms with Crippen molar-refractivity contribution in [1.29, 1.82) is 0 Å². The molecule has 1 aliphatic rings. The van der Waals surface area contributed by atoms with E-state index < -0.39 is 5.91 Å². The van der Waals surface area contributed by atoms with Crippen LogP contribution in [-0.2, 0) is 24.1 Å². The number of nitrogens with one attached hydrogen (secondary N) is 1. The summed E-state index contributed by atoms with van der Waals surface area (Å²) in [6.07, 6.45) is 4.34. The largest absolute Gasteiger partial charge is 0.365 e. The van der Waals surface area contributed by atoms with Crippen molar-refractivity contribution in [3.05, 3.63) is 51.4 Å². The quantitative estimate of drug-likeness (QED) is 0.904. The number of anilines is 1. The Hall–Kier alpha value is -2.14. The highest BCUT2D eigenvalue weighted by Crippen LogP contribution is 2.37. The van der Waals surface area contributed by atoms with Gasteiger partial charge in [-0.25, -0.2) is 0 Å². The minimum Gasteiger partial charge on any atom is -0.365 e. The molecule has 1 aliphatic carbocycles. The fourth-order valence-corrected chi connectivity index (χ4v) is 4.38. The highest BCUT2D eigenvalue weighted by molar-refractivity contribution is 7.17. The van der Waals surface area contributed by atoms with Crippen molar-refractivity contribution in [2.24, 2.45) is 5.73 Å². The zero-order valence-corrected chi connectivity index (χ0v) is 14.0. The summed E-state index contributed by atoms with van der Waals surface area (Å²) in [5, 5.41) is 3.52. The van der Waals surface area contributed by atoms with E-state index in [2.05, 4.69) is 5.32 Å².